The maximum atomic E-state index is 13.8. The molecule has 0 spiro atoms. The Morgan fingerprint density at radius 1 is 1.29 bits per heavy atom. The monoisotopic (exact) mass is 401 g/mol. The Balaban J connectivity index is 2.16. The van der Waals surface area contributed by atoms with E-state index in [0.29, 0.717) is 16.8 Å². The minimum absolute atomic E-state index is 0.0831. The Morgan fingerprint density at radius 3 is 2.61 bits per heavy atom. The van der Waals surface area contributed by atoms with E-state index in [1.165, 1.54) is 42.5 Å². The predicted molar refractivity (Wildman–Crippen MR) is 105 cm³/mol. The van der Waals surface area contributed by atoms with Crippen LogP contribution in [0.1, 0.15) is 24.1 Å². The predicted octanol–water partition coefficient (Wildman–Crippen LogP) is 3.23. The van der Waals surface area contributed by atoms with Gasteiger partial charge in [0.15, 0.2) is 5.11 Å². The molecule has 7 nitrogen and oxygen atoms in total. The van der Waals surface area contributed by atoms with E-state index in [1.807, 2.05) is 0 Å². The molecule has 0 amide bonds. The summed E-state index contributed by atoms with van der Waals surface area (Å²) in [7, 11) is 0. The van der Waals surface area contributed by atoms with Crippen LogP contribution in [-0.4, -0.2) is 22.6 Å². The van der Waals surface area contributed by atoms with Crippen LogP contribution >= 0.6 is 12.2 Å². The van der Waals surface area contributed by atoms with Crippen molar-refractivity contribution in [1.82, 2.24) is 10.6 Å². The molecule has 1 aliphatic heterocycles. The van der Waals surface area contributed by atoms with Crippen molar-refractivity contribution in [3.63, 3.8) is 0 Å². The van der Waals surface area contributed by atoms with Crippen molar-refractivity contribution in [2.75, 3.05) is 6.61 Å². The molecule has 0 radical (unpaired) electrons. The van der Waals surface area contributed by atoms with Crippen LogP contribution in [0.2, 0.25) is 0 Å². The molecule has 0 aromatic heterocycles. The van der Waals surface area contributed by atoms with Gasteiger partial charge in [0.25, 0.3) is 5.69 Å². The first-order valence-corrected chi connectivity index (χ1v) is 8.80. The average Bonchev–Trinajstić information content (AvgIpc) is 2.67. The number of carbonyl (C=O) groups is 1. The van der Waals surface area contributed by atoms with Crippen LogP contribution in [0.3, 0.4) is 0 Å². The third-order valence-corrected chi connectivity index (χ3v) is 4.34. The molecule has 0 aliphatic carbocycles. The Bertz CT molecular complexity index is 975. The van der Waals surface area contributed by atoms with Crippen LogP contribution in [0, 0.1) is 15.9 Å². The highest BCUT2D eigenvalue weighted by Crippen LogP contribution is 2.32. The first-order valence-electron chi connectivity index (χ1n) is 8.39. The fourth-order valence-corrected chi connectivity index (χ4v) is 3.13. The van der Waals surface area contributed by atoms with E-state index in [2.05, 4.69) is 10.6 Å². The smallest absolute Gasteiger partial charge is 0.338 e. The third kappa shape index (κ3) is 3.99. The minimum Gasteiger partial charge on any atom is -0.463 e. The first-order chi connectivity index (χ1) is 13.4. The molecule has 0 fully saturated rings. The molecule has 1 atom stereocenters. The highest BCUT2D eigenvalue weighted by molar-refractivity contribution is 7.80. The van der Waals surface area contributed by atoms with E-state index < -0.39 is 22.8 Å². The van der Waals surface area contributed by atoms with Gasteiger partial charge < -0.3 is 15.4 Å². The average molecular weight is 401 g/mol. The summed E-state index contributed by atoms with van der Waals surface area (Å²) in [6, 6.07) is 10.7. The molecule has 0 saturated carbocycles. The van der Waals surface area contributed by atoms with Gasteiger partial charge in [0, 0.05) is 12.1 Å². The molecule has 0 saturated heterocycles. The number of ether oxygens (including phenoxy) is 1. The van der Waals surface area contributed by atoms with Crippen LogP contribution in [-0.2, 0) is 9.53 Å². The number of esters is 1. The zero-order valence-electron chi connectivity index (χ0n) is 14.8. The van der Waals surface area contributed by atoms with Gasteiger partial charge in [-0.05, 0) is 54.5 Å². The highest BCUT2D eigenvalue weighted by Gasteiger charge is 2.33. The van der Waals surface area contributed by atoms with E-state index in [1.54, 1.807) is 13.0 Å². The lowest BCUT2D eigenvalue weighted by atomic mass is 9.92. The molecule has 0 bridgehead atoms. The van der Waals surface area contributed by atoms with Crippen LogP contribution in [0.15, 0.2) is 54.1 Å². The summed E-state index contributed by atoms with van der Waals surface area (Å²) in [5.74, 6) is -1.06. The quantitative estimate of drug-likeness (QED) is 0.344. The van der Waals surface area contributed by atoms with E-state index in [9.17, 15) is 19.3 Å². The lowest BCUT2D eigenvalue weighted by Crippen LogP contribution is -2.45. The van der Waals surface area contributed by atoms with Gasteiger partial charge in [-0.25, -0.2) is 9.18 Å². The maximum Gasteiger partial charge on any atom is 0.338 e. The SMILES string of the molecule is CCOC(=O)C1=C(c2ccc([N+](=O)[O-])cc2)NC(=S)N[C@@H]1c1cccc(F)c1. The number of hydrogen-bond acceptors (Lipinski definition) is 5. The van der Waals surface area contributed by atoms with Gasteiger partial charge in [0.2, 0.25) is 0 Å². The van der Waals surface area contributed by atoms with E-state index >= 15 is 0 Å². The summed E-state index contributed by atoms with van der Waals surface area (Å²) < 4.78 is 19.0. The second-order valence-corrected chi connectivity index (χ2v) is 6.31. The molecule has 1 heterocycles. The van der Waals surface area contributed by atoms with E-state index in [4.69, 9.17) is 17.0 Å². The van der Waals surface area contributed by atoms with Crippen molar-refractivity contribution < 1.29 is 18.8 Å². The van der Waals surface area contributed by atoms with Crippen LogP contribution in [0.25, 0.3) is 5.70 Å². The van der Waals surface area contributed by atoms with Gasteiger partial charge in [0.05, 0.1) is 28.8 Å². The Kier molecular flexibility index (Phi) is 5.65. The number of non-ortho nitro benzene ring substituents is 1. The summed E-state index contributed by atoms with van der Waals surface area (Å²) in [5, 5.41) is 17.0. The summed E-state index contributed by atoms with van der Waals surface area (Å²) in [6.45, 7) is 1.83. The lowest BCUT2D eigenvalue weighted by molar-refractivity contribution is -0.384. The topological polar surface area (TPSA) is 93.5 Å². The molecule has 144 valence electrons. The molecule has 1 aliphatic rings. The Hall–Kier alpha value is -3.33. The van der Waals surface area contributed by atoms with Gasteiger partial charge >= 0.3 is 5.97 Å². The van der Waals surface area contributed by atoms with Gasteiger partial charge in [0.1, 0.15) is 5.82 Å². The van der Waals surface area contributed by atoms with Crippen molar-refractivity contribution in [3.05, 3.63) is 81.2 Å². The molecule has 28 heavy (non-hydrogen) atoms. The normalized spacial score (nSPS) is 16.2. The number of carbonyl (C=O) groups excluding carboxylic acids is 1. The number of thiocarbonyl (C=S) groups is 1. The Labute approximate surface area is 165 Å². The number of benzene rings is 2. The highest BCUT2D eigenvalue weighted by atomic mass is 32.1. The van der Waals surface area contributed by atoms with Crippen molar-refractivity contribution in [1.29, 1.82) is 0 Å². The van der Waals surface area contributed by atoms with Crippen LogP contribution < -0.4 is 10.6 Å². The lowest BCUT2D eigenvalue weighted by Gasteiger charge is -2.31. The molecule has 9 heteroatoms. The number of rotatable bonds is 5. The van der Waals surface area contributed by atoms with Gasteiger partial charge in [-0.2, -0.15) is 0 Å². The first kappa shape index (κ1) is 19.4. The van der Waals surface area contributed by atoms with Crippen molar-refractivity contribution >= 4 is 34.7 Å². The fraction of sp³-hybridized carbons (Fsp3) is 0.158. The fourth-order valence-electron chi connectivity index (χ4n) is 2.91. The van der Waals surface area contributed by atoms with E-state index in [0.717, 1.165) is 0 Å². The molecule has 2 aromatic carbocycles. The largest absolute Gasteiger partial charge is 0.463 e. The molecular formula is C19H16FN3O4S. The Morgan fingerprint density at radius 2 is 2.00 bits per heavy atom. The number of nitro groups is 1. The van der Waals surface area contributed by atoms with Gasteiger partial charge in [-0.3, -0.25) is 10.1 Å². The van der Waals surface area contributed by atoms with Crippen molar-refractivity contribution in [2.45, 2.75) is 13.0 Å². The summed E-state index contributed by atoms with van der Waals surface area (Å²) >= 11 is 5.25. The number of hydrogen-bond donors (Lipinski definition) is 2. The number of nitrogens with one attached hydrogen (secondary N) is 2. The second-order valence-electron chi connectivity index (χ2n) is 5.90. The number of nitro benzene ring substituents is 1. The van der Waals surface area contributed by atoms with Crippen molar-refractivity contribution in [3.8, 4) is 0 Å². The second kappa shape index (κ2) is 8.13. The molecule has 2 aromatic rings. The summed E-state index contributed by atoms with van der Waals surface area (Å²) in [5.41, 5.74) is 1.48. The molecular weight excluding hydrogens is 385 g/mol. The van der Waals surface area contributed by atoms with Crippen LogP contribution in [0.5, 0.6) is 0 Å². The third-order valence-electron chi connectivity index (χ3n) is 4.12. The van der Waals surface area contributed by atoms with Gasteiger partial charge in [-0.15, -0.1) is 0 Å². The standard InChI is InChI=1S/C19H16FN3O4S/c1-2-27-18(24)15-16(11-6-8-14(9-7-11)23(25)26)21-19(28)22-17(15)12-4-3-5-13(20)10-12/h3-10,17H,2H2,1H3,(H2,21,22,28)/t17-/m1/s1. The zero-order valence-corrected chi connectivity index (χ0v) is 15.6. The summed E-state index contributed by atoms with van der Waals surface area (Å²) in [6.07, 6.45) is 0. The number of halogens is 1. The van der Waals surface area contributed by atoms with E-state index in [-0.39, 0.29) is 23.0 Å². The zero-order chi connectivity index (χ0) is 20.3. The summed E-state index contributed by atoms with van der Waals surface area (Å²) in [4.78, 5) is 23.1. The maximum absolute atomic E-state index is 13.8. The molecule has 3 rings (SSSR count). The van der Waals surface area contributed by atoms with Gasteiger partial charge in [-0.1, -0.05) is 12.1 Å². The van der Waals surface area contributed by atoms with Crippen LogP contribution in [0.4, 0.5) is 10.1 Å². The minimum atomic E-state index is -0.742. The van der Waals surface area contributed by atoms with Crippen molar-refractivity contribution in [2.24, 2.45) is 0 Å². The number of nitrogens with zero attached hydrogens (tertiary/aromatic N) is 1. The molecule has 2 N–H and O–H groups in total. The molecule has 0 unspecified atom stereocenters.